The van der Waals surface area contributed by atoms with Crippen LogP contribution >= 0.6 is 0 Å². The molecule has 3 aromatic rings. The molecule has 3 aromatic carbocycles. The number of carbonyl (C=O) groups excluding carboxylic acids is 1. The molecule has 0 saturated heterocycles. The van der Waals surface area contributed by atoms with E-state index in [1.807, 2.05) is 72.8 Å². The van der Waals surface area contributed by atoms with Crippen molar-refractivity contribution < 1.29 is 29.6 Å². The summed E-state index contributed by atoms with van der Waals surface area (Å²) in [6, 6.07) is 22.3. The summed E-state index contributed by atoms with van der Waals surface area (Å²) in [7, 11) is 0. The monoisotopic (exact) mass is 556 g/mol. The maximum atomic E-state index is 12.3. The second-order valence-electron chi connectivity index (χ2n) is 10.1. The Bertz CT molecular complexity index is 1220. The maximum absolute atomic E-state index is 12.3. The van der Waals surface area contributed by atoms with Gasteiger partial charge in [-0.05, 0) is 46.2 Å². The van der Waals surface area contributed by atoms with Crippen LogP contribution in [0.15, 0.2) is 92.5 Å². The van der Waals surface area contributed by atoms with Gasteiger partial charge in [-0.25, -0.2) is 0 Å². The van der Waals surface area contributed by atoms with Gasteiger partial charge in [-0.2, -0.15) is 0 Å². The maximum Gasteiger partial charge on any atom is 0.305 e. The zero-order chi connectivity index (χ0) is 29.8. The molecule has 0 saturated carbocycles. The van der Waals surface area contributed by atoms with E-state index >= 15 is 0 Å². The Morgan fingerprint density at radius 1 is 0.732 bits per heavy atom. The quantitative estimate of drug-likeness (QED) is 0.157. The zero-order valence-corrected chi connectivity index (χ0v) is 23.6. The molecule has 0 radical (unpaired) electrons. The Hall–Kier alpha value is -3.81. The first kappa shape index (κ1) is 31.7. The first-order chi connectivity index (χ1) is 19.7. The van der Waals surface area contributed by atoms with Crippen LogP contribution in [0.1, 0.15) is 46.7 Å². The van der Waals surface area contributed by atoms with Gasteiger partial charge in [-0.3, -0.25) is 4.79 Å². The van der Waals surface area contributed by atoms with Gasteiger partial charge in [0.15, 0.2) is 6.29 Å². The van der Waals surface area contributed by atoms with Crippen molar-refractivity contribution in [2.24, 2.45) is 5.41 Å². The fraction of sp³-hybridized carbons (Fsp3) is 0.286. The smallest absolute Gasteiger partial charge is 0.305 e. The van der Waals surface area contributed by atoms with Gasteiger partial charge < -0.3 is 24.8 Å². The average molecular weight is 557 g/mol. The molecule has 0 aromatic heterocycles. The van der Waals surface area contributed by atoms with E-state index in [9.17, 15) is 20.1 Å². The van der Waals surface area contributed by atoms with E-state index in [1.165, 1.54) is 0 Å². The molecule has 0 aliphatic carbocycles. The standard InChI is InChI=1S/C35H40O6/c1-5-25-9-15-28(16-10-25)21-31(36)35(24-41-33(38)8-4,32(37)22-29-17-11-26(6-2)12-18-29)34(39)40-23-30-19-13-27(7-3)14-20-30/h5-7,9-20,31-32,34,36-37,39H,1-3,8,21-24H2,4H3. The van der Waals surface area contributed by atoms with Gasteiger partial charge in [0.1, 0.15) is 12.0 Å². The number of ether oxygens (including phenoxy) is 2. The van der Waals surface area contributed by atoms with Gasteiger partial charge in [0.2, 0.25) is 0 Å². The number of hydrogen-bond acceptors (Lipinski definition) is 6. The minimum atomic E-state index is -1.78. The summed E-state index contributed by atoms with van der Waals surface area (Å²) in [5.41, 5.74) is 3.30. The van der Waals surface area contributed by atoms with Gasteiger partial charge in [0.05, 0.1) is 18.8 Å². The molecule has 0 aliphatic heterocycles. The van der Waals surface area contributed by atoms with E-state index in [1.54, 1.807) is 25.2 Å². The van der Waals surface area contributed by atoms with Crippen LogP contribution in [0.3, 0.4) is 0 Å². The van der Waals surface area contributed by atoms with Crippen molar-refractivity contribution in [3.63, 3.8) is 0 Å². The van der Waals surface area contributed by atoms with E-state index in [-0.39, 0.29) is 25.9 Å². The number of rotatable bonds is 16. The normalized spacial score (nSPS) is 14.7. The lowest BCUT2D eigenvalue weighted by Crippen LogP contribution is -2.59. The second-order valence-corrected chi connectivity index (χ2v) is 10.1. The molecule has 0 heterocycles. The molecule has 6 nitrogen and oxygen atoms in total. The summed E-state index contributed by atoms with van der Waals surface area (Å²) in [4.78, 5) is 12.3. The van der Waals surface area contributed by atoms with Crippen molar-refractivity contribution in [1.29, 1.82) is 0 Å². The van der Waals surface area contributed by atoms with Gasteiger partial charge in [0, 0.05) is 6.42 Å². The van der Waals surface area contributed by atoms with Crippen LogP contribution in [-0.4, -0.2) is 46.4 Å². The van der Waals surface area contributed by atoms with Crippen LogP contribution in [0.25, 0.3) is 18.2 Å². The van der Waals surface area contributed by atoms with E-state index in [2.05, 4.69) is 19.7 Å². The lowest BCUT2D eigenvalue weighted by Gasteiger charge is -2.44. The average Bonchev–Trinajstić information content (AvgIpc) is 3.01. The van der Waals surface area contributed by atoms with Crippen molar-refractivity contribution >= 4 is 24.2 Å². The SMILES string of the molecule is C=Cc1ccc(COC(O)C(COC(=O)CC)(C(O)Cc2ccc(C=C)cc2)C(O)Cc2ccc(C=C)cc2)cc1. The third-order valence-corrected chi connectivity index (χ3v) is 7.38. The minimum absolute atomic E-state index is 0.00354. The molecule has 0 aliphatic rings. The first-order valence-corrected chi connectivity index (χ1v) is 13.7. The summed E-state index contributed by atoms with van der Waals surface area (Å²) in [5.74, 6) is -0.522. The topological polar surface area (TPSA) is 96.2 Å². The lowest BCUT2D eigenvalue weighted by molar-refractivity contribution is -0.259. The molecule has 3 atom stereocenters. The number of aliphatic hydroxyl groups excluding tert-OH is 3. The van der Waals surface area contributed by atoms with Crippen molar-refractivity contribution in [3.05, 3.63) is 126 Å². The Morgan fingerprint density at radius 3 is 1.49 bits per heavy atom. The minimum Gasteiger partial charge on any atom is -0.465 e. The van der Waals surface area contributed by atoms with Crippen LogP contribution in [0.5, 0.6) is 0 Å². The summed E-state index contributed by atoms with van der Waals surface area (Å²) in [5, 5.41) is 35.1. The highest BCUT2D eigenvalue weighted by Crippen LogP contribution is 2.37. The molecule has 0 spiro atoms. The van der Waals surface area contributed by atoms with Crippen LogP contribution in [0.4, 0.5) is 0 Å². The molecule has 0 bridgehead atoms. The van der Waals surface area contributed by atoms with Crippen LogP contribution in [0, 0.1) is 5.41 Å². The van der Waals surface area contributed by atoms with Crippen LogP contribution in [-0.2, 0) is 33.7 Å². The van der Waals surface area contributed by atoms with E-state index in [0.717, 1.165) is 33.4 Å². The van der Waals surface area contributed by atoms with Crippen molar-refractivity contribution in [2.75, 3.05) is 6.61 Å². The van der Waals surface area contributed by atoms with Gasteiger partial charge in [-0.1, -0.05) is 118 Å². The zero-order valence-electron chi connectivity index (χ0n) is 23.6. The Morgan fingerprint density at radius 2 is 1.12 bits per heavy atom. The molecule has 216 valence electrons. The Kier molecular flexibility index (Phi) is 11.8. The molecule has 0 amide bonds. The predicted octanol–water partition coefficient (Wildman–Crippen LogP) is 5.60. The van der Waals surface area contributed by atoms with Crippen molar-refractivity contribution in [1.82, 2.24) is 0 Å². The lowest BCUT2D eigenvalue weighted by atomic mass is 9.72. The number of aliphatic hydroxyl groups is 3. The first-order valence-electron chi connectivity index (χ1n) is 13.7. The number of carbonyl (C=O) groups is 1. The Balaban J connectivity index is 1.98. The summed E-state index contributed by atoms with van der Waals surface area (Å²) in [6.07, 6.45) is 1.03. The van der Waals surface area contributed by atoms with Gasteiger partial charge >= 0.3 is 5.97 Å². The molecule has 0 fully saturated rings. The predicted molar refractivity (Wildman–Crippen MR) is 163 cm³/mol. The summed E-state index contributed by atoms with van der Waals surface area (Å²) >= 11 is 0. The number of benzene rings is 3. The van der Waals surface area contributed by atoms with Crippen molar-refractivity contribution in [3.8, 4) is 0 Å². The largest absolute Gasteiger partial charge is 0.465 e. The molecule has 3 N–H and O–H groups in total. The second kappa shape index (κ2) is 15.3. The fourth-order valence-electron chi connectivity index (χ4n) is 4.61. The highest BCUT2D eigenvalue weighted by molar-refractivity contribution is 5.68. The van der Waals surface area contributed by atoms with Crippen molar-refractivity contribution in [2.45, 2.75) is 51.3 Å². The third kappa shape index (κ3) is 8.35. The van der Waals surface area contributed by atoms with Crippen LogP contribution < -0.4 is 0 Å². The van der Waals surface area contributed by atoms with E-state index in [0.29, 0.717) is 0 Å². The van der Waals surface area contributed by atoms with E-state index < -0.39 is 36.5 Å². The molecule has 41 heavy (non-hydrogen) atoms. The molecular formula is C35H40O6. The number of esters is 1. The Labute approximate surface area is 242 Å². The molecule has 6 heteroatoms. The highest BCUT2D eigenvalue weighted by atomic mass is 16.6. The number of hydrogen-bond donors (Lipinski definition) is 3. The highest BCUT2D eigenvalue weighted by Gasteiger charge is 2.52. The molecule has 3 unspecified atom stereocenters. The van der Waals surface area contributed by atoms with E-state index in [4.69, 9.17) is 9.47 Å². The fourth-order valence-corrected chi connectivity index (χ4v) is 4.61. The third-order valence-electron chi connectivity index (χ3n) is 7.38. The summed E-state index contributed by atoms with van der Waals surface area (Å²) < 4.78 is 11.4. The van der Waals surface area contributed by atoms with Crippen LogP contribution in [0.2, 0.25) is 0 Å². The molecular weight excluding hydrogens is 516 g/mol. The summed E-state index contributed by atoms with van der Waals surface area (Å²) in [6.45, 7) is 12.5. The molecule has 3 rings (SSSR count). The van der Waals surface area contributed by atoms with Gasteiger partial charge in [-0.15, -0.1) is 0 Å². The van der Waals surface area contributed by atoms with Gasteiger partial charge in [0.25, 0.3) is 0 Å².